The Hall–Kier alpha value is -6.44. The fourth-order valence-electron chi connectivity index (χ4n) is 9.94. The number of thiol groups is 1. The Balaban J connectivity index is 0.614. The van der Waals surface area contributed by atoms with E-state index in [-0.39, 0.29) is 73.1 Å². The molecule has 8 rings (SSSR count). The normalized spacial score (nSPS) is 18.5. The van der Waals surface area contributed by atoms with Gasteiger partial charge in [-0.2, -0.15) is 11.8 Å². The summed E-state index contributed by atoms with van der Waals surface area (Å²) < 4.78 is 24.3. The summed E-state index contributed by atoms with van der Waals surface area (Å²) in [5.74, 6) is 1.31. The van der Waals surface area contributed by atoms with Gasteiger partial charge in [-0.05, 0) is 93.8 Å². The summed E-state index contributed by atoms with van der Waals surface area (Å²) in [5.41, 5.74) is 2.49. The minimum Gasteiger partial charge on any atom is -0.457 e. The SMILES string of the molecule is Cc1cc(Oc2ccccc2)ccc1N1C(=O)Nc2c(C(=O)NC3CCCN(C(=O)/C=C/CNC(=O)CCCC(=O)NCCCOCCOCCOCCCNC(=O)CCCC[C@H]4SCC5NC(=O)N(S)C54)C3)sc3nccc1c23. The molecule has 0 spiro atoms. The van der Waals surface area contributed by atoms with Crippen molar-refractivity contribution in [1.82, 2.24) is 40.8 Å². The number of carbonyl (C=O) groups excluding carboxylic acids is 7. The first kappa shape index (κ1) is 59.7. The zero-order chi connectivity index (χ0) is 56.2. The predicted octanol–water partition coefficient (Wildman–Crippen LogP) is 6.99. The third-order valence-electron chi connectivity index (χ3n) is 13.9. The smallest absolute Gasteiger partial charge is 0.331 e. The number of thiophene rings is 1. The molecule has 3 fully saturated rings. The summed E-state index contributed by atoms with van der Waals surface area (Å²) in [6.45, 7) is 6.61. The quantitative estimate of drug-likeness (QED) is 0.0116. The lowest BCUT2D eigenvalue weighted by atomic mass is 10.0. The lowest BCUT2D eigenvalue weighted by Gasteiger charge is -2.32. The molecule has 2 aromatic carbocycles. The van der Waals surface area contributed by atoms with Crippen LogP contribution in [0.3, 0.4) is 0 Å². The van der Waals surface area contributed by atoms with Gasteiger partial charge in [0, 0.05) is 94.5 Å². The molecule has 4 aliphatic heterocycles. The number of unbranched alkanes of at least 4 members (excludes halogenated alkanes) is 1. The molecule has 21 nitrogen and oxygen atoms in total. The highest BCUT2D eigenvalue weighted by Crippen LogP contribution is 2.47. The number of para-hydroxylation sites is 1. The molecule has 430 valence electrons. The molecule has 24 heteroatoms. The molecule has 6 heterocycles. The van der Waals surface area contributed by atoms with Crippen LogP contribution in [0.15, 0.2) is 72.9 Å². The van der Waals surface area contributed by atoms with Gasteiger partial charge in [0.2, 0.25) is 23.6 Å². The molecule has 6 N–H and O–H groups in total. The average molecular weight is 1160 g/mol. The number of aromatic nitrogens is 1. The van der Waals surface area contributed by atoms with Crippen molar-refractivity contribution >= 4 is 105 Å². The number of carbonyl (C=O) groups is 7. The van der Waals surface area contributed by atoms with Crippen LogP contribution in [0.2, 0.25) is 0 Å². The number of piperidine rings is 1. The maximum Gasteiger partial charge on any atom is 0.331 e. The number of thioether (sulfide) groups is 1. The molecule has 0 bridgehead atoms. The number of pyridine rings is 1. The highest BCUT2D eigenvalue weighted by atomic mass is 32.2. The molecular formula is C56H72N10O11S3. The van der Waals surface area contributed by atoms with Gasteiger partial charge in [0.1, 0.15) is 21.2 Å². The van der Waals surface area contributed by atoms with E-state index in [0.29, 0.717) is 153 Å². The van der Waals surface area contributed by atoms with Crippen LogP contribution in [0.5, 0.6) is 11.5 Å². The molecule has 4 aromatic rings. The monoisotopic (exact) mass is 1160 g/mol. The number of urea groups is 2. The topological polar surface area (TPSA) is 251 Å². The van der Waals surface area contributed by atoms with Crippen molar-refractivity contribution in [3.8, 4) is 11.5 Å². The van der Waals surface area contributed by atoms with E-state index >= 15 is 0 Å². The van der Waals surface area contributed by atoms with Crippen molar-refractivity contribution in [1.29, 1.82) is 0 Å². The first-order chi connectivity index (χ1) is 38.9. The van der Waals surface area contributed by atoms with Crippen LogP contribution >= 0.6 is 35.9 Å². The second-order valence-electron chi connectivity index (χ2n) is 19.9. The second kappa shape index (κ2) is 30.4. The van der Waals surface area contributed by atoms with E-state index < -0.39 is 6.03 Å². The number of likely N-dealkylation sites (tertiary alicyclic amines) is 1. The highest BCUT2D eigenvalue weighted by Gasteiger charge is 2.47. The number of nitrogens with zero attached hydrogens (tertiary/aromatic N) is 4. The summed E-state index contributed by atoms with van der Waals surface area (Å²) in [4.78, 5) is 98.3. The van der Waals surface area contributed by atoms with Gasteiger partial charge in [-0.3, -0.25) is 33.2 Å². The fraction of sp³-hybridized carbons (Fsp3) is 0.500. The number of aryl methyl sites for hydroxylation is 1. The zero-order valence-electron chi connectivity index (χ0n) is 45.0. The van der Waals surface area contributed by atoms with Gasteiger partial charge in [0.15, 0.2) is 0 Å². The Morgan fingerprint density at radius 3 is 2.23 bits per heavy atom. The second-order valence-corrected chi connectivity index (χ2v) is 22.6. The van der Waals surface area contributed by atoms with Crippen LogP contribution in [0, 0.1) is 6.92 Å². The van der Waals surface area contributed by atoms with E-state index in [2.05, 4.69) is 49.7 Å². The summed E-state index contributed by atoms with van der Waals surface area (Å²) >= 11 is 7.41. The largest absolute Gasteiger partial charge is 0.457 e. The Morgan fingerprint density at radius 2 is 1.50 bits per heavy atom. The van der Waals surface area contributed by atoms with E-state index in [1.165, 1.54) is 21.7 Å². The number of hydrogen-bond donors (Lipinski definition) is 7. The Morgan fingerprint density at radius 1 is 0.800 bits per heavy atom. The molecule has 4 atom stereocenters. The van der Waals surface area contributed by atoms with Crippen molar-refractivity contribution in [2.24, 2.45) is 0 Å². The molecular weight excluding hydrogens is 1080 g/mol. The van der Waals surface area contributed by atoms with E-state index in [4.69, 9.17) is 18.9 Å². The third-order valence-corrected chi connectivity index (χ3v) is 17.0. The first-order valence-electron chi connectivity index (χ1n) is 27.5. The molecule has 3 unspecified atom stereocenters. The van der Waals surface area contributed by atoms with E-state index in [9.17, 15) is 33.6 Å². The highest BCUT2D eigenvalue weighted by molar-refractivity contribution is 8.00. The minimum atomic E-state index is -0.412. The van der Waals surface area contributed by atoms with Gasteiger partial charge in [-0.25, -0.2) is 14.6 Å². The average Bonchev–Trinajstić information content (AvgIpc) is 4.31. The van der Waals surface area contributed by atoms with E-state index in [1.54, 1.807) is 28.1 Å². The third kappa shape index (κ3) is 16.8. The van der Waals surface area contributed by atoms with Gasteiger partial charge in [0.05, 0.1) is 61.0 Å². The van der Waals surface area contributed by atoms with Crippen LogP contribution in [-0.2, 0) is 33.4 Å². The van der Waals surface area contributed by atoms with Crippen LogP contribution in [-0.4, -0.2) is 157 Å². The maximum atomic E-state index is 13.9. The van der Waals surface area contributed by atoms with Crippen LogP contribution < -0.4 is 41.5 Å². The minimum absolute atomic E-state index is 0.0414. The summed E-state index contributed by atoms with van der Waals surface area (Å²) in [7, 11) is 0. The standard InChI is InChI=1S/C56H72N10O11S3/c1-37-34-40(77-39-13-3-2-4-14-39)20-21-42(37)65-43-22-26-60-54-49(43)50(63-55(65)72)52(80-54)53(71)61-38-12-9-27-64(35-38)48(70)19-8-23-57-46(68)17-7-18-47(69)59-25-11-29-75-31-33-76-32-30-74-28-10-24-58-45(67)16-6-5-15-44-51-41(36-79-44)62-56(73)66(51)78/h2-4,8,13-14,19-22,26,34,38,41,44,51,78H,5-7,9-12,15-18,23-25,27-33,35-36H2,1H3,(H,57,68)(H,58,67)(H,59,69)(H,61,71)(H,62,73)(H,63,72)/b19-8+/t38?,41?,44-,51?/m1/s1. The van der Waals surface area contributed by atoms with Crippen molar-refractivity contribution in [2.45, 2.75) is 101 Å². The number of rotatable bonds is 31. The molecule has 4 aliphatic rings. The molecule has 0 saturated carbocycles. The van der Waals surface area contributed by atoms with Gasteiger partial charge in [-0.15, -0.1) is 11.3 Å². The van der Waals surface area contributed by atoms with Gasteiger partial charge >= 0.3 is 12.1 Å². The number of amides is 9. The number of fused-ring (bicyclic) bond motifs is 1. The van der Waals surface area contributed by atoms with Gasteiger partial charge in [0.25, 0.3) is 5.91 Å². The molecule has 0 radical (unpaired) electrons. The molecule has 9 amide bonds. The van der Waals surface area contributed by atoms with Crippen molar-refractivity contribution < 1.29 is 52.5 Å². The molecule has 3 saturated heterocycles. The Labute approximate surface area is 479 Å². The van der Waals surface area contributed by atoms with Crippen LogP contribution in [0.4, 0.5) is 26.7 Å². The van der Waals surface area contributed by atoms with Crippen molar-refractivity contribution in [3.05, 3.63) is 83.4 Å². The maximum absolute atomic E-state index is 13.9. The zero-order valence-corrected chi connectivity index (χ0v) is 47.6. The summed E-state index contributed by atoms with van der Waals surface area (Å²) in [6.07, 6.45) is 11.3. The van der Waals surface area contributed by atoms with Crippen LogP contribution in [0.25, 0.3) is 10.2 Å². The van der Waals surface area contributed by atoms with E-state index in [0.717, 1.165) is 30.6 Å². The first-order valence-corrected chi connectivity index (χ1v) is 29.8. The number of benzene rings is 2. The summed E-state index contributed by atoms with van der Waals surface area (Å²) in [6, 6.07) is 16.2. The van der Waals surface area contributed by atoms with Gasteiger partial charge in [-0.1, -0.05) is 43.5 Å². The number of anilines is 3. The molecule has 0 aliphatic carbocycles. The molecule has 80 heavy (non-hydrogen) atoms. The Kier molecular flexibility index (Phi) is 22.7. The summed E-state index contributed by atoms with van der Waals surface area (Å²) in [5, 5.41) is 18.6. The van der Waals surface area contributed by atoms with Gasteiger partial charge < -0.3 is 55.7 Å². The number of ether oxygens (including phenoxy) is 4. The Bertz CT molecular complexity index is 2820. The lowest BCUT2D eigenvalue weighted by molar-refractivity contribution is -0.127. The van der Waals surface area contributed by atoms with E-state index in [1.807, 2.05) is 67.2 Å². The lowest BCUT2D eigenvalue weighted by Crippen LogP contribution is -2.49. The van der Waals surface area contributed by atoms with Crippen molar-refractivity contribution in [3.63, 3.8) is 0 Å². The molecule has 2 aromatic heterocycles. The fourth-order valence-corrected chi connectivity index (χ4v) is 13.0. The van der Waals surface area contributed by atoms with Crippen molar-refractivity contribution in [2.75, 3.05) is 88.3 Å². The number of nitrogens with one attached hydrogen (secondary N) is 6. The van der Waals surface area contributed by atoms with Crippen LogP contribution in [0.1, 0.15) is 85.9 Å². The predicted molar refractivity (Wildman–Crippen MR) is 311 cm³/mol. The number of hydrogen-bond acceptors (Lipinski definition) is 15.